The van der Waals surface area contributed by atoms with Gasteiger partial charge in [-0.05, 0) is 63.5 Å². The van der Waals surface area contributed by atoms with Crippen molar-refractivity contribution in [3.63, 3.8) is 0 Å². The molecule has 0 N–H and O–H groups in total. The Labute approximate surface area is 287 Å². The third kappa shape index (κ3) is 4.18. The lowest BCUT2D eigenvalue weighted by atomic mass is 9.91. The SMILES string of the molecule is Clc1ccccc1-c1nn(-c2ccccc2)c2nc3c(c(-c4cccc5ccccc45)c12)c1c2ccccc2ccc1n3-c1ccccc1. The van der Waals surface area contributed by atoms with E-state index in [0.29, 0.717) is 5.02 Å². The van der Waals surface area contributed by atoms with Crippen LogP contribution in [0.25, 0.3) is 88.3 Å². The molecule has 10 aromatic rings. The maximum absolute atomic E-state index is 7.01. The van der Waals surface area contributed by atoms with Gasteiger partial charge in [0.15, 0.2) is 5.65 Å². The Morgan fingerprint density at radius 1 is 0.449 bits per heavy atom. The fourth-order valence-electron chi connectivity index (χ4n) is 7.50. The second-order valence-electron chi connectivity index (χ2n) is 12.3. The normalized spacial score (nSPS) is 11.8. The maximum atomic E-state index is 7.01. The second-order valence-corrected chi connectivity index (χ2v) is 12.7. The number of hydrogen-bond acceptors (Lipinski definition) is 2. The van der Waals surface area contributed by atoms with E-state index in [9.17, 15) is 0 Å². The highest BCUT2D eigenvalue weighted by Gasteiger charge is 2.28. The summed E-state index contributed by atoms with van der Waals surface area (Å²) in [4.78, 5) is 5.64. The maximum Gasteiger partial charge on any atom is 0.166 e. The number of hydrogen-bond donors (Lipinski definition) is 0. The Hall–Kier alpha value is -6.23. The molecule has 0 atom stereocenters. The third-order valence-electron chi connectivity index (χ3n) is 9.61. The summed E-state index contributed by atoms with van der Waals surface area (Å²) >= 11 is 7.01. The van der Waals surface area contributed by atoms with Crippen molar-refractivity contribution < 1.29 is 0 Å². The number of fused-ring (bicyclic) bond motifs is 7. The standard InChI is InChI=1S/C44H27ClN4/c45-36-25-12-11-23-35(36)42-41-39(34-24-13-16-28-14-7-9-21-32(28)34)40-38-33-22-10-8-15-29(33)26-27-37(38)48(30-17-3-1-4-18-30)43(40)46-44(41)49(47-42)31-19-5-2-6-20-31/h1-27H. The molecule has 10 rings (SSSR count). The first kappa shape index (κ1) is 27.8. The van der Waals surface area contributed by atoms with Crippen LogP contribution in [0.2, 0.25) is 5.02 Å². The summed E-state index contributed by atoms with van der Waals surface area (Å²) < 4.78 is 4.29. The Kier molecular flexibility index (Phi) is 6.20. The average molecular weight is 647 g/mol. The lowest BCUT2D eigenvalue weighted by Crippen LogP contribution is -2.00. The first-order chi connectivity index (χ1) is 24.3. The summed E-state index contributed by atoms with van der Waals surface area (Å²) in [7, 11) is 0. The van der Waals surface area contributed by atoms with Gasteiger partial charge in [-0.15, -0.1) is 0 Å². The monoisotopic (exact) mass is 646 g/mol. The van der Waals surface area contributed by atoms with Gasteiger partial charge in [-0.2, -0.15) is 5.10 Å². The van der Waals surface area contributed by atoms with Crippen molar-refractivity contribution in [2.75, 3.05) is 0 Å². The number of halogens is 1. The molecule has 7 aromatic carbocycles. The zero-order valence-electron chi connectivity index (χ0n) is 26.3. The van der Waals surface area contributed by atoms with Gasteiger partial charge >= 0.3 is 0 Å². The van der Waals surface area contributed by atoms with Crippen LogP contribution in [0, 0.1) is 0 Å². The lowest BCUT2D eigenvalue weighted by Gasteiger charge is -2.13. The Morgan fingerprint density at radius 3 is 1.84 bits per heavy atom. The topological polar surface area (TPSA) is 35.6 Å². The zero-order valence-corrected chi connectivity index (χ0v) is 27.0. The Morgan fingerprint density at radius 2 is 1.06 bits per heavy atom. The van der Waals surface area contributed by atoms with Gasteiger partial charge in [0, 0.05) is 27.6 Å². The molecular formula is C44H27ClN4. The highest BCUT2D eigenvalue weighted by molar-refractivity contribution is 6.34. The lowest BCUT2D eigenvalue weighted by molar-refractivity contribution is 0.901. The summed E-state index contributed by atoms with van der Waals surface area (Å²) in [5.41, 5.74) is 8.57. The fraction of sp³-hybridized carbons (Fsp3) is 0. The first-order valence-electron chi connectivity index (χ1n) is 16.4. The van der Waals surface area contributed by atoms with E-state index in [4.69, 9.17) is 21.7 Å². The number of para-hydroxylation sites is 2. The van der Waals surface area contributed by atoms with Crippen LogP contribution >= 0.6 is 11.6 Å². The zero-order chi connectivity index (χ0) is 32.5. The van der Waals surface area contributed by atoms with E-state index >= 15 is 0 Å². The first-order valence-corrected chi connectivity index (χ1v) is 16.8. The Balaban J connectivity index is 1.54. The molecule has 0 aliphatic heterocycles. The molecule has 0 bridgehead atoms. The summed E-state index contributed by atoms with van der Waals surface area (Å²) in [6.45, 7) is 0. The number of nitrogens with zero attached hydrogens (tertiary/aromatic N) is 4. The van der Waals surface area contributed by atoms with Gasteiger partial charge in [-0.25, -0.2) is 9.67 Å². The van der Waals surface area contributed by atoms with Crippen LogP contribution in [0.3, 0.4) is 0 Å². The van der Waals surface area contributed by atoms with E-state index < -0.39 is 0 Å². The van der Waals surface area contributed by atoms with E-state index in [1.54, 1.807) is 0 Å². The molecule has 0 spiro atoms. The summed E-state index contributed by atoms with van der Waals surface area (Å²) in [6.07, 6.45) is 0. The van der Waals surface area contributed by atoms with Gasteiger partial charge in [0.25, 0.3) is 0 Å². The quantitative estimate of drug-likeness (QED) is 0.191. The van der Waals surface area contributed by atoms with Gasteiger partial charge in [0.05, 0.1) is 21.6 Å². The molecule has 0 radical (unpaired) electrons. The molecule has 0 unspecified atom stereocenters. The molecule has 0 amide bonds. The van der Waals surface area contributed by atoms with Crippen molar-refractivity contribution in [3.05, 3.63) is 169 Å². The van der Waals surface area contributed by atoms with Crippen molar-refractivity contribution in [2.24, 2.45) is 0 Å². The number of pyridine rings is 1. The van der Waals surface area contributed by atoms with E-state index in [-0.39, 0.29) is 0 Å². The largest absolute Gasteiger partial charge is 0.294 e. The third-order valence-corrected chi connectivity index (χ3v) is 9.94. The van der Waals surface area contributed by atoms with Crippen molar-refractivity contribution in [1.82, 2.24) is 19.3 Å². The van der Waals surface area contributed by atoms with Crippen LogP contribution in [0.1, 0.15) is 0 Å². The van der Waals surface area contributed by atoms with E-state index in [0.717, 1.165) is 72.1 Å². The van der Waals surface area contributed by atoms with Gasteiger partial charge in [0.2, 0.25) is 0 Å². The predicted molar refractivity (Wildman–Crippen MR) is 204 cm³/mol. The molecule has 0 aliphatic carbocycles. The van der Waals surface area contributed by atoms with Crippen molar-refractivity contribution >= 4 is 66.1 Å². The van der Waals surface area contributed by atoms with Gasteiger partial charge in [-0.3, -0.25) is 4.57 Å². The van der Waals surface area contributed by atoms with Gasteiger partial charge in [0.1, 0.15) is 11.3 Å². The molecule has 3 aromatic heterocycles. The molecule has 0 saturated carbocycles. The number of benzene rings is 7. The molecule has 0 saturated heterocycles. The highest BCUT2D eigenvalue weighted by atomic mass is 35.5. The minimum absolute atomic E-state index is 0.642. The molecule has 0 fully saturated rings. The van der Waals surface area contributed by atoms with E-state index in [1.807, 2.05) is 41.1 Å². The van der Waals surface area contributed by atoms with Crippen LogP contribution < -0.4 is 0 Å². The van der Waals surface area contributed by atoms with E-state index in [1.165, 1.54) is 16.2 Å². The van der Waals surface area contributed by atoms with E-state index in [2.05, 4.69) is 132 Å². The summed E-state index contributed by atoms with van der Waals surface area (Å²) in [5, 5.41) is 13.9. The molecule has 4 nitrogen and oxygen atoms in total. The van der Waals surface area contributed by atoms with Crippen LogP contribution in [0.15, 0.2) is 164 Å². The minimum atomic E-state index is 0.642. The van der Waals surface area contributed by atoms with Crippen LogP contribution in [0.4, 0.5) is 0 Å². The molecule has 3 heterocycles. The number of rotatable bonds is 4. The number of aromatic nitrogens is 4. The minimum Gasteiger partial charge on any atom is -0.294 e. The fourth-order valence-corrected chi connectivity index (χ4v) is 7.72. The molecular weight excluding hydrogens is 620 g/mol. The molecule has 230 valence electrons. The van der Waals surface area contributed by atoms with Crippen molar-refractivity contribution in [3.8, 4) is 33.8 Å². The van der Waals surface area contributed by atoms with Crippen molar-refractivity contribution in [2.45, 2.75) is 0 Å². The van der Waals surface area contributed by atoms with Gasteiger partial charge < -0.3 is 0 Å². The molecule has 0 aliphatic rings. The van der Waals surface area contributed by atoms with Crippen LogP contribution in [0.5, 0.6) is 0 Å². The van der Waals surface area contributed by atoms with Crippen molar-refractivity contribution in [1.29, 1.82) is 0 Å². The summed E-state index contributed by atoms with van der Waals surface area (Å²) in [5.74, 6) is 0. The highest BCUT2D eigenvalue weighted by Crippen LogP contribution is 2.48. The molecule has 49 heavy (non-hydrogen) atoms. The predicted octanol–water partition coefficient (Wildman–Crippen LogP) is 11.8. The average Bonchev–Trinajstić information content (AvgIpc) is 3.71. The van der Waals surface area contributed by atoms with Gasteiger partial charge in [-0.1, -0.05) is 139 Å². The van der Waals surface area contributed by atoms with Crippen LogP contribution in [-0.2, 0) is 0 Å². The smallest absolute Gasteiger partial charge is 0.166 e. The molecule has 5 heteroatoms. The second kappa shape index (κ2) is 10.9. The Bertz CT molecular complexity index is 2880. The van der Waals surface area contributed by atoms with Crippen LogP contribution in [-0.4, -0.2) is 19.3 Å². The summed E-state index contributed by atoms with van der Waals surface area (Å²) in [6, 6.07) is 57.0.